The van der Waals surface area contributed by atoms with E-state index in [9.17, 15) is 13.6 Å². The Hall–Kier alpha value is -2.51. The Kier molecular flexibility index (Phi) is 6.73. The van der Waals surface area contributed by atoms with E-state index in [0.717, 1.165) is 18.7 Å². The van der Waals surface area contributed by atoms with Crippen LogP contribution in [0.2, 0.25) is 0 Å². The number of morpholine rings is 1. The van der Waals surface area contributed by atoms with Gasteiger partial charge in [-0.15, -0.1) is 0 Å². The number of nitrogens with one attached hydrogen (secondary N) is 1. The monoisotopic (exact) mass is 376 g/mol. The molecule has 0 bridgehead atoms. The highest BCUT2D eigenvalue weighted by Crippen LogP contribution is 2.19. The van der Waals surface area contributed by atoms with Crippen molar-refractivity contribution in [1.82, 2.24) is 10.2 Å². The number of rotatable bonds is 7. The molecule has 0 saturated carbocycles. The summed E-state index contributed by atoms with van der Waals surface area (Å²) < 4.78 is 34.6. The summed E-state index contributed by atoms with van der Waals surface area (Å²) in [5.74, 6) is -0.376. The third kappa shape index (κ3) is 5.74. The number of ether oxygens (including phenoxy) is 2. The molecular weight excluding hydrogens is 354 g/mol. The average Bonchev–Trinajstić information content (AvgIpc) is 2.68. The first-order chi connectivity index (χ1) is 13.1. The number of hydrogen-bond donors (Lipinski definition) is 1. The lowest BCUT2D eigenvalue weighted by Crippen LogP contribution is -2.43. The second kappa shape index (κ2) is 9.43. The first kappa shape index (κ1) is 19.3. The third-order valence-corrected chi connectivity index (χ3v) is 4.37. The number of carbonyl (C=O) groups excluding carboxylic acids is 1. The van der Waals surface area contributed by atoms with Gasteiger partial charge in [-0.25, -0.2) is 0 Å². The molecular formula is C20H22F2N2O3. The predicted octanol–water partition coefficient (Wildman–Crippen LogP) is 3.09. The van der Waals surface area contributed by atoms with Crippen LogP contribution in [0.1, 0.15) is 22.0 Å². The van der Waals surface area contributed by atoms with E-state index in [-0.39, 0.29) is 23.3 Å². The van der Waals surface area contributed by atoms with Crippen LogP contribution in [0.3, 0.4) is 0 Å². The van der Waals surface area contributed by atoms with Crippen molar-refractivity contribution < 1.29 is 23.0 Å². The molecule has 2 aromatic rings. The second-order valence-corrected chi connectivity index (χ2v) is 6.26. The lowest BCUT2D eigenvalue weighted by atomic mass is 10.1. The average molecular weight is 376 g/mol. The first-order valence-electron chi connectivity index (χ1n) is 8.82. The van der Waals surface area contributed by atoms with Crippen LogP contribution in [-0.4, -0.2) is 50.3 Å². The van der Waals surface area contributed by atoms with Gasteiger partial charge in [0.1, 0.15) is 5.75 Å². The van der Waals surface area contributed by atoms with Crippen molar-refractivity contribution in [1.29, 1.82) is 0 Å². The molecule has 1 aliphatic heterocycles. The summed E-state index contributed by atoms with van der Waals surface area (Å²) >= 11 is 0. The maximum Gasteiger partial charge on any atom is 0.387 e. The topological polar surface area (TPSA) is 50.8 Å². The highest BCUT2D eigenvalue weighted by atomic mass is 19.3. The van der Waals surface area contributed by atoms with Crippen LogP contribution in [0.5, 0.6) is 5.75 Å². The van der Waals surface area contributed by atoms with Gasteiger partial charge in [-0.05, 0) is 23.8 Å². The highest BCUT2D eigenvalue weighted by molar-refractivity contribution is 5.94. The largest absolute Gasteiger partial charge is 0.435 e. The Labute approximate surface area is 156 Å². The summed E-state index contributed by atoms with van der Waals surface area (Å²) in [4.78, 5) is 14.9. The first-order valence-corrected chi connectivity index (χ1v) is 8.82. The zero-order valence-corrected chi connectivity index (χ0v) is 14.8. The van der Waals surface area contributed by atoms with Gasteiger partial charge in [0, 0.05) is 25.2 Å². The van der Waals surface area contributed by atoms with Gasteiger partial charge in [-0.2, -0.15) is 8.78 Å². The van der Waals surface area contributed by atoms with Crippen LogP contribution in [0.4, 0.5) is 8.78 Å². The molecule has 5 nitrogen and oxygen atoms in total. The molecule has 1 unspecified atom stereocenters. The predicted molar refractivity (Wildman–Crippen MR) is 97.0 cm³/mol. The number of alkyl halides is 2. The molecule has 0 spiro atoms. The number of carbonyl (C=O) groups is 1. The number of nitrogens with zero attached hydrogens (tertiary/aromatic N) is 1. The Morgan fingerprint density at radius 3 is 2.56 bits per heavy atom. The number of hydrogen-bond acceptors (Lipinski definition) is 4. The van der Waals surface area contributed by atoms with Crippen molar-refractivity contribution in [3.63, 3.8) is 0 Å². The van der Waals surface area contributed by atoms with E-state index < -0.39 is 6.61 Å². The van der Waals surface area contributed by atoms with Crippen LogP contribution in [0, 0.1) is 0 Å². The number of halogens is 2. The lowest BCUT2D eigenvalue weighted by Gasteiger charge is -2.31. The number of benzene rings is 2. The van der Waals surface area contributed by atoms with E-state index in [0.29, 0.717) is 19.8 Å². The summed E-state index contributed by atoms with van der Waals surface area (Å²) in [5.41, 5.74) is 1.26. The molecule has 27 heavy (non-hydrogen) atoms. The van der Waals surface area contributed by atoms with Gasteiger partial charge in [-0.1, -0.05) is 36.4 Å². The fourth-order valence-corrected chi connectivity index (χ4v) is 3.02. The van der Waals surface area contributed by atoms with Gasteiger partial charge in [0.05, 0.1) is 19.3 Å². The van der Waals surface area contributed by atoms with Crippen molar-refractivity contribution in [2.24, 2.45) is 0 Å². The molecule has 1 amide bonds. The summed E-state index contributed by atoms with van der Waals surface area (Å²) in [6.45, 7) is 0.659. The molecule has 1 saturated heterocycles. The van der Waals surface area contributed by atoms with E-state index >= 15 is 0 Å². The maximum atomic E-state index is 12.7. The Morgan fingerprint density at radius 1 is 1.11 bits per heavy atom. The quantitative estimate of drug-likeness (QED) is 0.807. The van der Waals surface area contributed by atoms with Gasteiger partial charge < -0.3 is 14.8 Å². The van der Waals surface area contributed by atoms with Crippen molar-refractivity contribution in [3.05, 3.63) is 65.7 Å². The van der Waals surface area contributed by atoms with Crippen LogP contribution < -0.4 is 10.1 Å². The van der Waals surface area contributed by atoms with E-state index in [1.807, 2.05) is 30.3 Å². The molecule has 1 fully saturated rings. The standard InChI is InChI=1S/C20H22F2N2O3/c21-20(22)27-17-8-4-7-16(13-17)19(25)23-18(15-5-2-1-3-6-15)14-24-9-11-26-12-10-24/h1-8,13,18,20H,9-12,14H2,(H,23,25). The number of amides is 1. The van der Waals surface area contributed by atoms with Crippen LogP contribution in [-0.2, 0) is 4.74 Å². The molecule has 0 aromatic heterocycles. The minimum Gasteiger partial charge on any atom is -0.435 e. The van der Waals surface area contributed by atoms with Gasteiger partial charge in [0.15, 0.2) is 0 Å². The van der Waals surface area contributed by atoms with Crippen molar-refractivity contribution >= 4 is 5.91 Å². The molecule has 0 aliphatic carbocycles. The van der Waals surface area contributed by atoms with E-state index in [2.05, 4.69) is 15.0 Å². The SMILES string of the molecule is O=C(NC(CN1CCOCC1)c1ccccc1)c1cccc(OC(F)F)c1. The molecule has 0 radical (unpaired) electrons. The van der Waals surface area contributed by atoms with Gasteiger partial charge in [-0.3, -0.25) is 9.69 Å². The molecule has 1 atom stereocenters. The third-order valence-electron chi connectivity index (χ3n) is 4.37. The Morgan fingerprint density at radius 2 is 1.85 bits per heavy atom. The smallest absolute Gasteiger partial charge is 0.387 e. The normalized spacial score (nSPS) is 16.1. The van der Waals surface area contributed by atoms with Crippen LogP contribution in [0.15, 0.2) is 54.6 Å². The molecule has 7 heteroatoms. The Bertz CT molecular complexity index is 737. The summed E-state index contributed by atoms with van der Waals surface area (Å²) in [7, 11) is 0. The van der Waals surface area contributed by atoms with Gasteiger partial charge >= 0.3 is 6.61 Å². The summed E-state index contributed by atoms with van der Waals surface area (Å²) in [6.07, 6.45) is 0. The second-order valence-electron chi connectivity index (χ2n) is 6.26. The molecule has 3 rings (SSSR count). The van der Waals surface area contributed by atoms with Gasteiger partial charge in [0.2, 0.25) is 0 Å². The van der Waals surface area contributed by atoms with Crippen molar-refractivity contribution in [2.45, 2.75) is 12.7 Å². The van der Waals surface area contributed by atoms with Gasteiger partial charge in [0.25, 0.3) is 5.91 Å². The molecule has 1 heterocycles. The summed E-state index contributed by atoms with van der Waals surface area (Å²) in [6, 6.07) is 15.3. The van der Waals surface area contributed by atoms with Crippen LogP contribution >= 0.6 is 0 Å². The highest BCUT2D eigenvalue weighted by Gasteiger charge is 2.21. The maximum absolute atomic E-state index is 12.7. The van der Waals surface area contributed by atoms with Crippen molar-refractivity contribution in [2.75, 3.05) is 32.8 Å². The van der Waals surface area contributed by atoms with Crippen LogP contribution in [0.25, 0.3) is 0 Å². The fraction of sp³-hybridized carbons (Fsp3) is 0.350. The molecule has 144 valence electrons. The summed E-state index contributed by atoms with van der Waals surface area (Å²) in [5, 5.41) is 3.01. The Balaban J connectivity index is 1.73. The van der Waals surface area contributed by atoms with E-state index in [1.165, 1.54) is 18.2 Å². The van der Waals surface area contributed by atoms with E-state index in [1.54, 1.807) is 6.07 Å². The zero-order chi connectivity index (χ0) is 19.1. The molecule has 1 aliphatic rings. The minimum absolute atomic E-state index is 0.0397. The van der Waals surface area contributed by atoms with E-state index in [4.69, 9.17) is 4.74 Å². The minimum atomic E-state index is -2.93. The lowest BCUT2D eigenvalue weighted by molar-refractivity contribution is -0.0498. The van der Waals surface area contributed by atoms with Crippen molar-refractivity contribution in [3.8, 4) is 5.75 Å². The fourth-order valence-electron chi connectivity index (χ4n) is 3.02. The molecule has 1 N–H and O–H groups in total. The molecule has 2 aromatic carbocycles. The zero-order valence-electron chi connectivity index (χ0n) is 14.8.